The summed E-state index contributed by atoms with van der Waals surface area (Å²) in [6.45, 7) is 2.00. The van der Waals surface area contributed by atoms with Crippen LogP contribution in [0.5, 0.6) is 5.75 Å². The van der Waals surface area contributed by atoms with Crippen molar-refractivity contribution in [3.05, 3.63) is 63.3 Å². The van der Waals surface area contributed by atoms with Crippen molar-refractivity contribution in [2.24, 2.45) is 5.41 Å². The van der Waals surface area contributed by atoms with E-state index >= 15 is 0 Å². The Bertz CT molecular complexity index is 875. The first-order chi connectivity index (χ1) is 11.6. The van der Waals surface area contributed by atoms with Crippen molar-refractivity contribution in [2.75, 3.05) is 5.32 Å². The van der Waals surface area contributed by atoms with Gasteiger partial charge < -0.3 is 10.4 Å². The molecule has 6 heteroatoms. The Morgan fingerprint density at radius 2 is 2.25 bits per heavy atom. The molecule has 122 valence electrons. The zero-order valence-corrected chi connectivity index (χ0v) is 14.7. The minimum Gasteiger partial charge on any atom is -0.508 e. The van der Waals surface area contributed by atoms with Crippen molar-refractivity contribution in [3.63, 3.8) is 0 Å². The zero-order valence-electron chi connectivity index (χ0n) is 13.0. The van der Waals surface area contributed by atoms with Gasteiger partial charge in [0.1, 0.15) is 5.75 Å². The van der Waals surface area contributed by atoms with E-state index in [4.69, 9.17) is 0 Å². The molecule has 1 aliphatic carbocycles. The first kappa shape index (κ1) is 15.4. The zero-order chi connectivity index (χ0) is 16.7. The van der Waals surface area contributed by atoms with E-state index in [-0.39, 0.29) is 17.6 Å². The van der Waals surface area contributed by atoms with E-state index in [1.807, 2.05) is 23.8 Å². The maximum absolute atomic E-state index is 13.1. The smallest absolute Gasteiger partial charge is 0.233 e. The molecule has 0 fully saturated rings. The van der Waals surface area contributed by atoms with Gasteiger partial charge in [0.05, 0.1) is 5.41 Å². The molecule has 24 heavy (non-hydrogen) atoms. The molecule has 1 amide bonds. The van der Waals surface area contributed by atoms with E-state index in [9.17, 15) is 9.90 Å². The highest BCUT2D eigenvalue weighted by Crippen LogP contribution is 2.52. The Morgan fingerprint density at radius 3 is 2.96 bits per heavy atom. The summed E-state index contributed by atoms with van der Waals surface area (Å²) in [6, 6.07) is 7.46. The van der Waals surface area contributed by atoms with E-state index in [0.717, 1.165) is 16.7 Å². The fourth-order valence-electron chi connectivity index (χ4n) is 3.58. The Kier molecular flexibility index (Phi) is 3.66. The van der Waals surface area contributed by atoms with Gasteiger partial charge >= 0.3 is 0 Å². The number of nitrogens with one attached hydrogen (secondary N) is 1. The van der Waals surface area contributed by atoms with Gasteiger partial charge in [-0.3, -0.25) is 4.79 Å². The lowest BCUT2D eigenvalue weighted by Gasteiger charge is -2.30. The maximum Gasteiger partial charge on any atom is 0.233 e. The predicted molar refractivity (Wildman–Crippen MR) is 96.8 cm³/mol. The molecule has 3 aromatic rings. The average Bonchev–Trinajstić information content (AvgIpc) is 3.26. The minimum absolute atomic E-state index is 0.0376. The first-order valence-corrected chi connectivity index (χ1v) is 9.45. The monoisotopic (exact) mass is 356 g/mol. The second-order valence-corrected chi connectivity index (χ2v) is 7.93. The van der Waals surface area contributed by atoms with Crippen molar-refractivity contribution in [1.82, 2.24) is 4.98 Å². The third-order valence-electron chi connectivity index (χ3n) is 4.68. The molecule has 0 bridgehead atoms. The lowest BCUT2D eigenvalue weighted by molar-refractivity contribution is -0.125. The lowest BCUT2D eigenvalue weighted by atomic mass is 9.74. The number of benzene rings is 1. The van der Waals surface area contributed by atoms with Gasteiger partial charge in [-0.25, -0.2) is 4.98 Å². The Labute approximate surface area is 147 Å². The van der Waals surface area contributed by atoms with Gasteiger partial charge in [-0.2, -0.15) is 11.3 Å². The number of aromatic nitrogens is 1. The molecule has 2 aromatic heterocycles. The highest BCUT2D eigenvalue weighted by Gasteiger charge is 2.49. The van der Waals surface area contributed by atoms with Gasteiger partial charge in [0.15, 0.2) is 5.13 Å². The van der Waals surface area contributed by atoms with Gasteiger partial charge in [0.2, 0.25) is 5.91 Å². The third kappa shape index (κ3) is 2.42. The van der Waals surface area contributed by atoms with Crippen molar-refractivity contribution < 1.29 is 9.90 Å². The first-order valence-electron chi connectivity index (χ1n) is 7.63. The number of hydrogen-bond acceptors (Lipinski definition) is 5. The summed E-state index contributed by atoms with van der Waals surface area (Å²) in [5.74, 6) is 0.119. The molecule has 0 spiro atoms. The van der Waals surface area contributed by atoms with Gasteiger partial charge in [-0.1, -0.05) is 6.07 Å². The molecule has 0 saturated carbocycles. The van der Waals surface area contributed by atoms with Gasteiger partial charge in [-0.05, 0) is 59.0 Å². The number of hydrogen-bond donors (Lipinski definition) is 2. The summed E-state index contributed by atoms with van der Waals surface area (Å²) in [6.07, 6.45) is 2.32. The molecule has 1 aliphatic rings. The topological polar surface area (TPSA) is 62.2 Å². The SMILES string of the molecule is CC1(C(=O)Nc2nccs2)Cc2ccc(O)cc2C1c1ccsc1. The molecule has 2 atom stereocenters. The van der Waals surface area contributed by atoms with Crippen LogP contribution in [0.3, 0.4) is 0 Å². The number of aromatic hydroxyl groups is 1. The molecule has 0 radical (unpaired) electrons. The molecule has 4 rings (SSSR count). The van der Waals surface area contributed by atoms with Crippen LogP contribution in [-0.4, -0.2) is 16.0 Å². The normalized spacial score (nSPS) is 22.3. The summed E-state index contributed by atoms with van der Waals surface area (Å²) < 4.78 is 0. The number of carbonyl (C=O) groups is 1. The number of thiophene rings is 1. The van der Waals surface area contributed by atoms with Gasteiger partial charge in [-0.15, -0.1) is 11.3 Å². The largest absolute Gasteiger partial charge is 0.508 e. The number of rotatable bonds is 3. The molecule has 2 N–H and O–H groups in total. The van der Waals surface area contributed by atoms with Crippen LogP contribution in [0, 0.1) is 5.41 Å². The number of fused-ring (bicyclic) bond motifs is 1. The van der Waals surface area contributed by atoms with Crippen molar-refractivity contribution >= 4 is 33.7 Å². The summed E-state index contributed by atoms with van der Waals surface area (Å²) in [5.41, 5.74) is 2.63. The number of nitrogens with zero attached hydrogens (tertiary/aromatic N) is 1. The van der Waals surface area contributed by atoms with Crippen LogP contribution in [-0.2, 0) is 11.2 Å². The molecule has 0 aliphatic heterocycles. The second-order valence-electron chi connectivity index (χ2n) is 6.26. The highest BCUT2D eigenvalue weighted by atomic mass is 32.1. The van der Waals surface area contributed by atoms with Gasteiger partial charge in [0.25, 0.3) is 0 Å². The van der Waals surface area contributed by atoms with Crippen LogP contribution < -0.4 is 5.32 Å². The Hall–Kier alpha value is -2.18. The molecule has 2 unspecified atom stereocenters. The van der Waals surface area contributed by atoms with Crippen LogP contribution in [0.25, 0.3) is 0 Å². The van der Waals surface area contributed by atoms with Crippen LogP contribution in [0.1, 0.15) is 29.5 Å². The van der Waals surface area contributed by atoms with E-state index in [1.54, 1.807) is 29.7 Å². The van der Waals surface area contributed by atoms with Crippen LogP contribution in [0.2, 0.25) is 0 Å². The molecular formula is C18H16N2O2S2. The summed E-state index contributed by atoms with van der Waals surface area (Å²) in [7, 11) is 0. The predicted octanol–water partition coefficient (Wildman–Crippen LogP) is 4.24. The average molecular weight is 356 g/mol. The number of thiazole rings is 1. The second kappa shape index (κ2) is 5.72. The van der Waals surface area contributed by atoms with Crippen LogP contribution >= 0.6 is 22.7 Å². The summed E-state index contributed by atoms with van der Waals surface area (Å²) in [5, 5.41) is 19.4. The fourth-order valence-corrected chi connectivity index (χ4v) is 4.79. The summed E-state index contributed by atoms with van der Waals surface area (Å²) >= 11 is 3.03. The highest BCUT2D eigenvalue weighted by molar-refractivity contribution is 7.13. The maximum atomic E-state index is 13.1. The fraction of sp³-hybridized carbons (Fsp3) is 0.222. The standard InChI is InChI=1S/C18H16N2O2S2/c1-18(16(22)20-17-19-5-7-24-17)9-11-2-3-13(21)8-14(11)15(18)12-4-6-23-10-12/h2-8,10,15,21H,9H2,1H3,(H,19,20,22). The molecule has 2 heterocycles. The lowest BCUT2D eigenvalue weighted by Crippen LogP contribution is -2.37. The van der Waals surface area contributed by atoms with E-state index in [1.165, 1.54) is 11.3 Å². The number of phenols is 1. The molecule has 4 nitrogen and oxygen atoms in total. The third-order valence-corrected chi connectivity index (χ3v) is 6.07. The van der Waals surface area contributed by atoms with Gasteiger partial charge in [0, 0.05) is 17.5 Å². The molecule has 1 aromatic carbocycles. The van der Waals surface area contributed by atoms with E-state index in [2.05, 4.69) is 21.7 Å². The number of carbonyl (C=O) groups excluding carboxylic acids is 1. The van der Waals surface area contributed by atoms with Crippen molar-refractivity contribution in [3.8, 4) is 5.75 Å². The van der Waals surface area contributed by atoms with Crippen LogP contribution in [0.4, 0.5) is 5.13 Å². The van der Waals surface area contributed by atoms with E-state index < -0.39 is 5.41 Å². The van der Waals surface area contributed by atoms with Crippen molar-refractivity contribution in [2.45, 2.75) is 19.3 Å². The Morgan fingerprint density at radius 1 is 1.38 bits per heavy atom. The molecular weight excluding hydrogens is 340 g/mol. The number of phenolic OH excluding ortho intramolecular Hbond substituents is 1. The molecule has 0 saturated heterocycles. The Balaban J connectivity index is 1.78. The quantitative estimate of drug-likeness (QED) is 0.738. The van der Waals surface area contributed by atoms with E-state index in [0.29, 0.717) is 11.6 Å². The number of anilines is 1. The van der Waals surface area contributed by atoms with Crippen LogP contribution in [0.15, 0.2) is 46.6 Å². The van der Waals surface area contributed by atoms with Crippen molar-refractivity contribution in [1.29, 1.82) is 0 Å². The number of amides is 1. The summed E-state index contributed by atoms with van der Waals surface area (Å²) in [4.78, 5) is 17.2. The minimum atomic E-state index is -0.622.